The van der Waals surface area contributed by atoms with Gasteiger partial charge in [-0.3, -0.25) is 24.2 Å². The summed E-state index contributed by atoms with van der Waals surface area (Å²) >= 11 is 6.49. The maximum atomic E-state index is 13.1. The van der Waals surface area contributed by atoms with Gasteiger partial charge in [0.15, 0.2) is 0 Å². The van der Waals surface area contributed by atoms with E-state index in [1.54, 1.807) is 24.3 Å². The largest absolute Gasteiger partial charge is 0.480 e. The summed E-state index contributed by atoms with van der Waals surface area (Å²) in [5, 5.41) is 9.17. The highest BCUT2D eigenvalue weighted by Gasteiger charge is 2.42. The topological polar surface area (TPSA) is 77.9 Å². The molecule has 8 heteroatoms. The quantitative estimate of drug-likeness (QED) is 0.587. The lowest BCUT2D eigenvalue weighted by Gasteiger charge is -2.14. The molecule has 0 atom stereocenters. The smallest absolute Gasteiger partial charge is 0.323 e. The summed E-state index contributed by atoms with van der Waals surface area (Å²) < 4.78 is 0.399. The van der Waals surface area contributed by atoms with E-state index in [2.05, 4.69) is 0 Å². The summed E-state index contributed by atoms with van der Waals surface area (Å²) in [6, 6.07) is 16.7. The lowest BCUT2D eigenvalue weighted by Crippen LogP contribution is -2.33. The van der Waals surface area contributed by atoms with Crippen LogP contribution in [0.5, 0.6) is 0 Å². The van der Waals surface area contributed by atoms with Gasteiger partial charge in [0.25, 0.3) is 11.8 Å². The Morgan fingerprint density at radius 1 is 0.966 bits per heavy atom. The first kappa shape index (κ1) is 19.4. The van der Waals surface area contributed by atoms with E-state index in [-0.39, 0.29) is 16.4 Å². The van der Waals surface area contributed by atoms with Crippen LogP contribution in [-0.2, 0) is 20.8 Å². The molecule has 29 heavy (non-hydrogen) atoms. The zero-order valence-corrected chi connectivity index (χ0v) is 16.8. The van der Waals surface area contributed by atoms with Gasteiger partial charge in [0.05, 0.1) is 16.2 Å². The molecule has 6 nitrogen and oxygen atoms in total. The summed E-state index contributed by atoms with van der Waals surface area (Å²) in [4.78, 5) is 40.2. The number of para-hydroxylation sites is 1. The molecule has 0 bridgehead atoms. The zero-order valence-electron chi connectivity index (χ0n) is 15.2. The summed E-state index contributed by atoms with van der Waals surface area (Å²) in [5.74, 6) is -1.92. The van der Waals surface area contributed by atoms with Crippen LogP contribution in [0, 0.1) is 0 Å². The van der Waals surface area contributed by atoms with Gasteiger partial charge in [-0.15, -0.1) is 0 Å². The van der Waals surface area contributed by atoms with E-state index >= 15 is 0 Å². The van der Waals surface area contributed by atoms with E-state index in [1.807, 2.05) is 30.3 Å². The number of anilines is 1. The third-order valence-electron chi connectivity index (χ3n) is 4.76. The summed E-state index contributed by atoms with van der Waals surface area (Å²) in [6.45, 7) is -0.0478. The molecule has 0 saturated carbocycles. The number of amides is 2. The first-order valence-electron chi connectivity index (χ1n) is 8.92. The van der Waals surface area contributed by atoms with Crippen LogP contribution in [0.3, 0.4) is 0 Å². The monoisotopic (exact) mass is 424 g/mol. The number of hydrogen-bond donors (Lipinski definition) is 1. The molecule has 1 N–H and O–H groups in total. The van der Waals surface area contributed by atoms with Gasteiger partial charge in [-0.1, -0.05) is 72.5 Å². The third kappa shape index (κ3) is 3.56. The predicted octanol–water partition coefficient (Wildman–Crippen LogP) is 2.93. The minimum absolute atomic E-state index is 0.224. The maximum absolute atomic E-state index is 13.1. The minimum atomic E-state index is -1.12. The second-order valence-corrected chi connectivity index (χ2v) is 8.21. The number of carbonyl (C=O) groups excluding carboxylic acids is 2. The second-order valence-electron chi connectivity index (χ2n) is 6.57. The van der Waals surface area contributed by atoms with Crippen molar-refractivity contribution in [3.8, 4) is 0 Å². The van der Waals surface area contributed by atoms with Crippen LogP contribution in [0.4, 0.5) is 5.69 Å². The van der Waals surface area contributed by atoms with Gasteiger partial charge in [0.2, 0.25) is 0 Å². The highest BCUT2D eigenvalue weighted by Crippen LogP contribution is 2.44. The molecule has 4 rings (SSSR count). The highest BCUT2D eigenvalue weighted by molar-refractivity contribution is 8.26. The average molecular weight is 425 g/mol. The van der Waals surface area contributed by atoms with Crippen LogP contribution in [0.25, 0.3) is 5.57 Å². The fourth-order valence-corrected chi connectivity index (χ4v) is 4.80. The molecule has 146 valence electrons. The summed E-state index contributed by atoms with van der Waals surface area (Å²) in [5.41, 5.74) is 2.36. The lowest BCUT2D eigenvalue weighted by atomic mass is 10.1. The zero-order chi connectivity index (χ0) is 20.5. The van der Waals surface area contributed by atoms with Crippen molar-refractivity contribution in [2.24, 2.45) is 0 Å². The predicted molar refractivity (Wildman–Crippen MR) is 115 cm³/mol. The van der Waals surface area contributed by atoms with Crippen molar-refractivity contribution >= 4 is 57.3 Å². The van der Waals surface area contributed by atoms with Gasteiger partial charge in [-0.2, -0.15) is 0 Å². The SMILES string of the molecule is O=C(O)CN1C(=O)/C(=C2\SC(=S)N(CCc3ccccc3)C2=O)c2ccccc21. The molecule has 2 aromatic rings. The number of carbonyl (C=O) groups is 3. The van der Waals surface area contributed by atoms with E-state index in [0.29, 0.717) is 28.5 Å². The Bertz CT molecular complexity index is 1070. The van der Waals surface area contributed by atoms with Crippen molar-refractivity contribution in [1.82, 2.24) is 4.90 Å². The third-order valence-corrected chi connectivity index (χ3v) is 6.21. The van der Waals surface area contributed by atoms with E-state index in [9.17, 15) is 19.5 Å². The number of carboxylic acid groups (broad SMARTS) is 1. The van der Waals surface area contributed by atoms with E-state index in [0.717, 1.165) is 17.3 Å². The number of carboxylic acids is 1. The standard InChI is InChI=1S/C21H16N2O4S2/c24-16(25)12-23-15-9-5-4-8-14(15)17(19(23)26)18-20(27)22(21(28)29-18)11-10-13-6-2-1-3-7-13/h1-9H,10-12H2,(H,24,25)/b18-17-. The molecule has 0 aliphatic carbocycles. The van der Waals surface area contributed by atoms with Crippen LogP contribution in [0.1, 0.15) is 11.1 Å². The van der Waals surface area contributed by atoms with E-state index < -0.39 is 18.4 Å². The van der Waals surface area contributed by atoms with Crippen molar-refractivity contribution in [3.63, 3.8) is 0 Å². The normalized spacial score (nSPS) is 18.6. The molecule has 0 aromatic heterocycles. The number of thioether (sulfide) groups is 1. The Balaban J connectivity index is 1.66. The molecular weight excluding hydrogens is 408 g/mol. The van der Waals surface area contributed by atoms with Crippen LogP contribution in [-0.4, -0.2) is 45.2 Å². The average Bonchev–Trinajstić information content (AvgIpc) is 3.14. The molecule has 0 radical (unpaired) electrons. The lowest BCUT2D eigenvalue weighted by molar-refractivity contribution is -0.136. The number of nitrogens with zero attached hydrogens (tertiary/aromatic N) is 2. The molecule has 0 spiro atoms. The van der Waals surface area contributed by atoms with Gasteiger partial charge in [0, 0.05) is 12.1 Å². The minimum Gasteiger partial charge on any atom is -0.480 e. The fraction of sp³-hybridized carbons (Fsp3) is 0.143. The second kappa shape index (κ2) is 7.81. The maximum Gasteiger partial charge on any atom is 0.323 e. The molecule has 1 fully saturated rings. The van der Waals surface area contributed by atoms with Gasteiger partial charge in [0.1, 0.15) is 10.9 Å². The number of hydrogen-bond acceptors (Lipinski definition) is 5. The number of benzene rings is 2. The van der Waals surface area contributed by atoms with Gasteiger partial charge >= 0.3 is 5.97 Å². The molecule has 0 unspecified atom stereocenters. The van der Waals surface area contributed by atoms with Gasteiger partial charge in [-0.25, -0.2) is 0 Å². The first-order valence-corrected chi connectivity index (χ1v) is 10.1. The molecule has 2 amide bonds. The van der Waals surface area contributed by atoms with Gasteiger partial charge < -0.3 is 5.11 Å². The number of thiocarbonyl (C=S) groups is 1. The van der Waals surface area contributed by atoms with Crippen LogP contribution in [0.2, 0.25) is 0 Å². The Morgan fingerprint density at radius 2 is 1.66 bits per heavy atom. The molecule has 2 aromatic carbocycles. The van der Waals surface area contributed by atoms with Crippen LogP contribution in [0.15, 0.2) is 59.5 Å². The Labute approximate surface area is 176 Å². The number of aliphatic carboxylic acids is 1. The molecule has 1 saturated heterocycles. The summed E-state index contributed by atoms with van der Waals surface area (Å²) in [6.07, 6.45) is 0.644. The van der Waals surface area contributed by atoms with E-state index in [1.165, 1.54) is 9.80 Å². The molecule has 2 aliphatic heterocycles. The van der Waals surface area contributed by atoms with Crippen LogP contribution < -0.4 is 4.90 Å². The first-order chi connectivity index (χ1) is 14.0. The van der Waals surface area contributed by atoms with Crippen molar-refractivity contribution in [1.29, 1.82) is 0 Å². The Morgan fingerprint density at radius 3 is 2.38 bits per heavy atom. The van der Waals surface area contributed by atoms with Crippen molar-refractivity contribution in [2.75, 3.05) is 18.0 Å². The Kier molecular flexibility index (Phi) is 5.21. The molecule has 2 heterocycles. The molecular formula is C21H16N2O4S2. The molecule has 2 aliphatic rings. The fourth-order valence-electron chi connectivity index (χ4n) is 3.42. The highest BCUT2D eigenvalue weighted by atomic mass is 32.2. The summed E-state index contributed by atoms with van der Waals surface area (Å²) in [7, 11) is 0. The number of fused-ring (bicyclic) bond motifs is 1. The van der Waals surface area contributed by atoms with Gasteiger partial charge in [-0.05, 0) is 18.1 Å². The van der Waals surface area contributed by atoms with Crippen molar-refractivity contribution < 1.29 is 19.5 Å². The van der Waals surface area contributed by atoms with Crippen molar-refractivity contribution in [3.05, 3.63) is 70.6 Å². The van der Waals surface area contributed by atoms with E-state index in [4.69, 9.17) is 12.2 Å². The number of rotatable bonds is 5. The van der Waals surface area contributed by atoms with Crippen LogP contribution >= 0.6 is 24.0 Å². The Hall–Kier alpha value is -2.97. The van der Waals surface area contributed by atoms with Crippen molar-refractivity contribution in [2.45, 2.75) is 6.42 Å².